The van der Waals surface area contributed by atoms with Gasteiger partial charge in [0.25, 0.3) is 10.0 Å². The first kappa shape index (κ1) is 22.0. The van der Waals surface area contributed by atoms with Gasteiger partial charge in [0, 0.05) is 29.6 Å². The highest BCUT2D eigenvalue weighted by molar-refractivity contribution is 7.93. The van der Waals surface area contributed by atoms with Crippen LogP contribution in [0.4, 0.5) is 13.9 Å². The Hall–Kier alpha value is -3.82. The minimum Gasteiger partial charge on any atom is -0.438 e. The standard InChI is InChI=1S/C22H15F2N5O3S2/c23-15-3-5-17(24)19(10-15)29-21(11-18(27-29)13-1-2-13)32-20-6-4-16(9-14(20)12-25)34(30,31)28-22-26-7-8-33-22/h3-11,13H,1-2H2,(H,26,28). The van der Waals surface area contributed by atoms with E-state index >= 15 is 0 Å². The molecule has 5 rings (SSSR count). The van der Waals surface area contributed by atoms with E-state index in [1.165, 1.54) is 18.3 Å². The zero-order valence-corrected chi connectivity index (χ0v) is 18.9. The Morgan fingerprint density at radius 1 is 1.18 bits per heavy atom. The molecule has 4 aromatic rings. The molecular formula is C22H15F2N5O3S2. The summed E-state index contributed by atoms with van der Waals surface area (Å²) < 4.78 is 62.9. The van der Waals surface area contributed by atoms with Crippen LogP contribution in [0.1, 0.15) is 30.0 Å². The minimum atomic E-state index is -3.98. The van der Waals surface area contributed by atoms with Gasteiger partial charge in [-0.3, -0.25) is 4.72 Å². The third-order valence-electron chi connectivity index (χ3n) is 5.08. The Morgan fingerprint density at radius 3 is 2.71 bits per heavy atom. The molecule has 0 amide bonds. The summed E-state index contributed by atoms with van der Waals surface area (Å²) in [7, 11) is -3.98. The number of nitrogens with zero attached hydrogens (tertiary/aromatic N) is 4. The highest BCUT2D eigenvalue weighted by Gasteiger charge is 2.29. The van der Waals surface area contributed by atoms with E-state index in [9.17, 15) is 22.5 Å². The summed E-state index contributed by atoms with van der Waals surface area (Å²) in [5.74, 6) is -1.05. The van der Waals surface area contributed by atoms with Gasteiger partial charge in [0.15, 0.2) is 5.13 Å². The second-order valence-corrected chi connectivity index (χ2v) is 10.1. The topological polar surface area (TPSA) is 110 Å². The molecule has 2 aromatic carbocycles. The molecule has 0 atom stereocenters. The molecule has 0 bridgehead atoms. The zero-order chi connectivity index (χ0) is 23.9. The van der Waals surface area contributed by atoms with Crippen LogP contribution in [0.5, 0.6) is 11.6 Å². The third-order valence-corrected chi connectivity index (χ3v) is 7.23. The predicted octanol–water partition coefficient (Wildman–Crippen LogP) is 4.95. The quantitative estimate of drug-likeness (QED) is 0.385. The smallest absolute Gasteiger partial charge is 0.263 e. The fraction of sp³-hybridized carbons (Fsp3) is 0.136. The van der Waals surface area contributed by atoms with Crippen molar-refractivity contribution in [3.05, 3.63) is 76.9 Å². The van der Waals surface area contributed by atoms with Crippen LogP contribution in [-0.4, -0.2) is 23.2 Å². The monoisotopic (exact) mass is 499 g/mol. The highest BCUT2D eigenvalue weighted by Crippen LogP contribution is 2.42. The number of thiazole rings is 1. The number of halogens is 2. The molecule has 2 heterocycles. The van der Waals surface area contributed by atoms with E-state index in [1.54, 1.807) is 11.4 Å². The lowest BCUT2D eigenvalue weighted by molar-refractivity contribution is 0.438. The number of nitriles is 1. The molecule has 12 heteroatoms. The van der Waals surface area contributed by atoms with E-state index in [0.29, 0.717) is 5.69 Å². The van der Waals surface area contributed by atoms with Gasteiger partial charge in [-0.25, -0.2) is 22.2 Å². The zero-order valence-electron chi connectivity index (χ0n) is 17.3. The second-order valence-electron chi connectivity index (χ2n) is 7.50. The van der Waals surface area contributed by atoms with Crippen molar-refractivity contribution in [3.63, 3.8) is 0 Å². The predicted molar refractivity (Wildman–Crippen MR) is 120 cm³/mol. The van der Waals surface area contributed by atoms with Crippen LogP contribution in [0, 0.1) is 23.0 Å². The maximum atomic E-state index is 14.5. The van der Waals surface area contributed by atoms with Crippen LogP contribution in [0.25, 0.3) is 5.69 Å². The fourth-order valence-corrected chi connectivity index (χ4v) is 5.08. The van der Waals surface area contributed by atoms with Crippen molar-refractivity contribution in [3.8, 4) is 23.4 Å². The first-order chi connectivity index (χ1) is 16.3. The maximum Gasteiger partial charge on any atom is 0.263 e. The van der Waals surface area contributed by atoms with Crippen LogP contribution >= 0.6 is 11.3 Å². The first-order valence-electron chi connectivity index (χ1n) is 10.0. The average molecular weight is 500 g/mol. The summed E-state index contributed by atoms with van der Waals surface area (Å²) in [6.07, 6.45) is 3.30. The Morgan fingerprint density at radius 2 is 2.00 bits per heavy atom. The highest BCUT2D eigenvalue weighted by atomic mass is 32.2. The summed E-state index contributed by atoms with van der Waals surface area (Å²) in [4.78, 5) is 3.73. The van der Waals surface area contributed by atoms with E-state index in [0.717, 1.165) is 53.1 Å². The van der Waals surface area contributed by atoms with Gasteiger partial charge in [0.2, 0.25) is 5.88 Å². The molecule has 1 N–H and O–H groups in total. The minimum absolute atomic E-state index is 0.0380. The number of hydrogen-bond acceptors (Lipinski definition) is 7. The average Bonchev–Trinajstić information content (AvgIpc) is 3.39. The van der Waals surface area contributed by atoms with Crippen molar-refractivity contribution < 1.29 is 21.9 Å². The van der Waals surface area contributed by atoms with E-state index in [4.69, 9.17) is 4.74 Å². The molecule has 0 radical (unpaired) electrons. The van der Waals surface area contributed by atoms with Crippen LogP contribution in [0.15, 0.2) is 58.9 Å². The van der Waals surface area contributed by atoms with Gasteiger partial charge in [-0.1, -0.05) is 0 Å². The van der Waals surface area contributed by atoms with Crippen molar-refractivity contribution in [2.45, 2.75) is 23.7 Å². The number of anilines is 1. The molecule has 1 aliphatic carbocycles. The van der Waals surface area contributed by atoms with Gasteiger partial charge in [-0.2, -0.15) is 15.0 Å². The van der Waals surface area contributed by atoms with Crippen LogP contribution in [-0.2, 0) is 10.0 Å². The van der Waals surface area contributed by atoms with Gasteiger partial charge in [-0.05, 0) is 43.2 Å². The van der Waals surface area contributed by atoms with Gasteiger partial charge >= 0.3 is 0 Å². The van der Waals surface area contributed by atoms with Crippen LogP contribution in [0.3, 0.4) is 0 Å². The molecule has 1 fully saturated rings. The normalized spacial score (nSPS) is 13.4. The van der Waals surface area contributed by atoms with Crippen molar-refractivity contribution in [1.82, 2.24) is 14.8 Å². The van der Waals surface area contributed by atoms with E-state index < -0.39 is 21.7 Å². The van der Waals surface area contributed by atoms with E-state index in [-0.39, 0.29) is 38.8 Å². The number of benzene rings is 2. The number of ether oxygens (including phenoxy) is 1. The fourth-order valence-electron chi connectivity index (χ4n) is 3.27. The van der Waals surface area contributed by atoms with Crippen LogP contribution < -0.4 is 9.46 Å². The number of nitrogens with one attached hydrogen (secondary N) is 1. The Kier molecular flexibility index (Phi) is 5.51. The first-order valence-corrected chi connectivity index (χ1v) is 12.4. The summed E-state index contributed by atoms with van der Waals surface area (Å²) >= 11 is 1.11. The largest absolute Gasteiger partial charge is 0.438 e. The SMILES string of the molecule is N#Cc1cc(S(=O)(=O)Nc2nccs2)ccc1Oc1cc(C2CC2)nn1-c1cc(F)ccc1F. The van der Waals surface area contributed by atoms with Crippen LogP contribution in [0.2, 0.25) is 0 Å². The van der Waals surface area contributed by atoms with Crippen molar-refractivity contribution in [1.29, 1.82) is 5.26 Å². The van der Waals surface area contributed by atoms with Gasteiger partial charge < -0.3 is 4.74 Å². The molecule has 1 aliphatic rings. The van der Waals surface area contributed by atoms with Gasteiger partial charge in [0.1, 0.15) is 29.1 Å². The lowest BCUT2D eigenvalue weighted by atomic mass is 10.2. The molecule has 0 saturated heterocycles. The van der Waals surface area contributed by atoms with Crippen molar-refractivity contribution in [2.24, 2.45) is 0 Å². The maximum absolute atomic E-state index is 14.5. The molecule has 0 aliphatic heterocycles. The molecule has 1 saturated carbocycles. The number of hydrogen-bond donors (Lipinski definition) is 1. The number of rotatable bonds is 7. The summed E-state index contributed by atoms with van der Waals surface area (Å²) in [5, 5.41) is 15.8. The summed E-state index contributed by atoms with van der Waals surface area (Å²) in [6, 6.07) is 10.3. The lowest BCUT2D eigenvalue weighted by Gasteiger charge is -2.12. The van der Waals surface area contributed by atoms with Gasteiger partial charge in [-0.15, -0.1) is 11.3 Å². The van der Waals surface area contributed by atoms with Gasteiger partial charge in [0.05, 0.1) is 16.2 Å². The Balaban J connectivity index is 1.51. The lowest BCUT2D eigenvalue weighted by Crippen LogP contribution is -2.13. The molecule has 34 heavy (non-hydrogen) atoms. The third kappa shape index (κ3) is 4.35. The van der Waals surface area contributed by atoms with E-state index in [1.807, 2.05) is 6.07 Å². The Labute approximate surface area is 197 Å². The summed E-state index contributed by atoms with van der Waals surface area (Å²) in [6.45, 7) is 0. The molecule has 2 aromatic heterocycles. The number of sulfonamides is 1. The Bertz CT molecular complexity index is 1520. The molecule has 0 unspecified atom stereocenters. The van der Waals surface area contributed by atoms with Crippen molar-refractivity contribution in [2.75, 3.05) is 4.72 Å². The molecule has 8 nitrogen and oxygen atoms in total. The van der Waals surface area contributed by atoms with Crippen molar-refractivity contribution >= 4 is 26.5 Å². The number of aromatic nitrogens is 3. The molecule has 172 valence electrons. The molecular weight excluding hydrogens is 484 g/mol. The summed E-state index contributed by atoms with van der Waals surface area (Å²) in [5.41, 5.74) is 0.443. The second kappa shape index (κ2) is 8.51. The van der Waals surface area contributed by atoms with E-state index in [2.05, 4.69) is 14.8 Å². The molecule has 0 spiro atoms.